The first-order valence-corrected chi connectivity index (χ1v) is 7.17. The molecule has 3 heterocycles. The number of rotatable bonds is 2. The molecule has 3 aliphatic rings. The Morgan fingerprint density at radius 3 is 2.33 bits per heavy atom. The van der Waals surface area contributed by atoms with E-state index in [0.29, 0.717) is 6.61 Å². The van der Waals surface area contributed by atoms with Crippen molar-refractivity contribution in [2.75, 3.05) is 6.61 Å². The van der Waals surface area contributed by atoms with Crippen LogP contribution in [0.25, 0.3) is 0 Å². The maximum absolute atomic E-state index is 11.4. The molecule has 21 heavy (non-hydrogen) atoms. The van der Waals surface area contributed by atoms with Crippen molar-refractivity contribution in [2.24, 2.45) is 0 Å². The molecule has 0 bridgehead atoms. The van der Waals surface area contributed by atoms with E-state index >= 15 is 0 Å². The number of carbonyl (C=O) groups excluding carboxylic acids is 1. The smallest absolute Gasteiger partial charge is 0.303 e. The molecule has 0 N–H and O–H groups in total. The van der Waals surface area contributed by atoms with Crippen LogP contribution in [-0.4, -0.2) is 54.9 Å². The standard InChI is InChI=1S/C14H22O7/c1-7(15)17-10-9(8-6-16-13(2,3)19-8)18-12-11(10)20-14(4,5)21-12/h8-12H,6H2,1-5H3/t8-,9-,10-,11+,12+/m0/s1. The van der Waals surface area contributed by atoms with Crippen molar-refractivity contribution < 1.29 is 33.2 Å². The van der Waals surface area contributed by atoms with Crippen LogP contribution in [0.15, 0.2) is 0 Å². The first-order chi connectivity index (χ1) is 9.67. The number of hydrogen-bond acceptors (Lipinski definition) is 7. The summed E-state index contributed by atoms with van der Waals surface area (Å²) in [5.74, 6) is -1.82. The molecular weight excluding hydrogens is 280 g/mol. The first kappa shape index (κ1) is 15.2. The minimum absolute atomic E-state index is 0.328. The van der Waals surface area contributed by atoms with Crippen LogP contribution in [0, 0.1) is 0 Å². The molecule has 0 radical (unpaired) electrons. The van der Waals surface area contributed by atoms with Crippen molar-refractivity contribution in [3.05, 3.63) is 0 Å². The van der Waals surface area contributed by atoms with Crippen molar-refractivity contribution in [1.82, 2.24) is 0 Å². The molecular formula is C14H22O7. The maximum Gasteiger partial charge on any atom is 0.303 e. The van der Waals surface area contributed by atoms with E-state index in [4.69, 9.17) is 28.4 Å². The summed E-state index contributed by atoms with van der Waals surface area (Å²) in [5.41, 5.74) is 0. The summed E-state index contributed by atoms with van der Waals surface area (Å²) in [6, 6.07) is 0. The van der Waals surface area contributed by atoms with E-state index in [1.54, 1.807) is 13.8 Å². The molecule has 3 saturated heterocycles. The van der Waals surface area contributed by atoms with Gasteiger partial charge in [0.15, 0.2) is 30.1 Å². The highest BCUT2D eigenvalue weighted by Gasteiger charge is 2.59. The van der Waals surface area contributed by atoms with Gasteiger partial charge in [0.25, 0.3) is 0 Å². The second-order valence-corrected chi connectivity index (χ2v) is 6.51. The van der Waals surface area contributed by atoms with Gasteiger partial charge in [-0.25, -0.2) is 0 Å². The Hall–Kier alpha value is -0.730. The maximum atomic E-state index is 11.4. The monoisotopic (exact) mass is 302 g/mol. The molecule has 7 heteroatoms. The van der Waals surface area contributed by atoms with Gasteiger partial charge in [-0.15, -0.1) is 0 Å². The Morgan fingerprint density at radius 2 is 1.76 bits per heavy atom. The van der Waals surface area contributed by atoms with Crippen LogP contribution in [0.3, 0.4) is 0 Å². The molecule has 120 valence electrons. The average molecular weight is 302 g/mol. The average Bonchev–Trinajstić information content (AvgIpc) is 2.90. The highest BCUT2D eigenvalue weighted by molar-refractivity contribution is 5.66. The molecule has 0 aromatic carbocycles. The summed E-state index contributed by atoms with van der Waals surface area (Å²) in [7, 11) is 0. The predicted octanol–water partition coefficient (Wildman–Crippen LogP) is 0.946. The molecule has 3 rings (SSSR count). The summed E-state index contributed by atoms with van der Waals surface area (Å²) >= 11 is 0. The summed E-state index contributed by atoms with van der Waals surface area (Å²) < 4.78 is 34.2. The van der Waals surface area contributed by atoms with Crippen molar-refractivity contribution >= 4 is 5.97 Å². The van der Waals surface area contributed by atoms with E-state index in [9.17, 15) is 4.79 Å². The van der Waals surface area contributed by atoms with Crippen molar-refractivity contribution in [2.45, 2.75) is 76.9 Å². The van der Waals surface area contributed by atoms with Crippen LogP contribution >= 0.6 is 0 Å². The number of carbonyl (C=O) groups is 1. The Kier molecular flexibility index (Phi) is 3.53. The molecule has 7 nitrogen and oxygen atoms in total. The third kappa shape index (κ3) is 2.93. The zero-order valence-electron chi connectivity index (χ0n) is 13.0. The third-order valence-corrected chi connectivity index (χ3v) is 3.73. The largest absolute Gasteiger partial charge is 0.457 e. The van der Waals surface area contributed by atoms with Gasteiger partial charge in [0.05, 0.1) is 6.61 Å². The van der Waals surface area contributed by atoms with Crippen molar-refractivity contribution in [1.29, 1.82) is 0 Å². The molecule has 0 aromatic heterocycles. The number of hydrogen-bond donors (Lipinski definition) is 0. The molecule has 0 unspecified atom stereocenters. The third-order valence-electron chi connectivity index (χ3n) is 3.73. The fourth-order valence-electron chi connectivity index (χ4n) is 3.01. The van der Waals surface area contributed by atoms with E-state index in [-0.39, 0.29) is 12.1 Å². The van der Waals surface area contributed by atoms with Gasteiger partial charge in [0, 0.05) is 6.92 Å². The molecule has 0 spiro atoms. The van der Waals surface area contributed by atoms with Crippen LogP contribution in [-0.2, 0) is 33.2 Å². The summed E-state index contributed by atoms with van der Waals surface area (Å²) in [6.45, 7) is 9.00. The first-order valence-electron chi connectivity index (χ1n) is 7.17. The molecule has 0 amide bonds. The van der Waals surface area contributed by atoms with Gasteiger partial charge < -0.3 is 28.4 Å². The van der Waals surface area contributed by atoms with E-state index in [1.807, 2.05) is 13.8 Å². The lowest BCUT2D eigenvalue weighted by molar-refractivity contribution is -0.235. The molecule has 0 aromatic rings. The zero-order valence-corrected chi connectivity index (χ0v) is 13.0. The molecule has 5 atom stereocenters. The topological polar surface area (TPSA) is 72.5 Å². The van der Waals surface area contributed by atoms with Gasteiger partial charge in [-0.1, -0.05) is 0 Å². The van der Waals surface area contributed by atoms with Gasteiger partial charge in [-0.05, 0) is 27.7 Å². The Labute approximate surface area is 123 Å². The second kappa shape index (κ2) is 4.89. The fraction of sp³-hybridized carbons (Fsp3) is 0.929. The van der Waals surface area contributed by atoms with Crippen molar-refractivity contribution in [3.63, 3.8) is 0 Å². The molecule has 3 aliphatic heterocycles. The fourth-order valence-corrected chi connectivity index (χ4v) is 3.01. The van der Waals surface area contributed by atoms with Crippen LogP contribution in [0.4, 0.5) is 0 Å². The lowest BCUT2D eigenvalue weighted by Gasteiger charge is -2.28. The summed E-state index contributed by atoms with van der Waals surface area (Å²) in [5, 5.41) is 0. The molecule has 0 saturated carbocycles. The summed E-state index contributed by atoms with van der Waals surface area (Å²) in [6.07, 6.45) is -2.40. The Bertz CT molecular complexity index is 433. The SMILES string of the molecule is CC(=O)O[C@H]1[C@H]([C@@H]2COC(C)(C)O2)O[C@@H]2OC(C)(C)O[C@@H]21. The molecule has 0 aliphatic carbocycles. The van der Waals surface area contributed by atoms with E-state index in [0.717, 1.165) is 0 Å². The second-order valence-electron chi connectivity index (χ2n) is 6.51. The Morgan fingerprint density at radius 1 is 1.05 bits per heavy atom. The van der Waals surface area contributed by atoms with Gasteiger partial charge >= 0.3 is 5.97 Å². The van der Waals surface area contributed by atoms with Gasteiger partial charge in [-0.3, -0.25) is 4.79 Å². The minimum atomic E-state index is -0.759. The van der Waals surface area contributed by atoms with Gasteiger partial charge in [0.1, 0.15) is 12.2 Å². The van der Waals surface area contributed by atoms with E-state index in [2.05, 4.69) is 0 Å². The quantitative estimate of drug-likeness (QED) is 0.703. The van der Waals surface area contributed by atoms with Crippen molar-refractivity contribution in [3.8, 4) is 0 Å². The lowest BCUT2D eigenvalue weighted by atomic mass is 10.1. The van der Waals surface area contributed by atoms with Crippen LogP contribution in [0.1, 0.15) is 34.6 Å². The Balaban J connectivity index is 1.77. The minimum Gasteiger partial charge on any atom is -0.457 e. The molecule has 3 fully saturated rings. The summed E-state index contributed by atoms with van der Waals surface area (Å²) in [4.78, 5) is 11.4. The van der Waals surface area contributed by atoms with Crippen LogP contribution < -0.4 is 0 Å². The van der Waals surface area contributed by atoms with Crippen LogP contribution in [0.5, 0.6) is 0 Å². The lowest BCUT2D eigenvalue weighted by Crippen LogP contribution is -2.44. The van der Waals surface area contributed by atoms with Crippen LogP contribution in [0.2, 0.25) is 0 Å². The highest BCUT2D eigenvalue weighted by atomic mass is 16.8. The zero-order chi connectivity index (χ0) is 15.4. The number of fused-ring (bicyclic) bond motifs is 1. The van der Waals surface area contributed by atoms with E-state index < -0.39 is 36.2 Å². The van der Waals surface area contributed by atoms with Gasteiger partial charge in [0.2, 0.25) is 0 Å². The predicted molar refractivity (Wildman–Crippen MR) is 69.2 cm³/mol. The van der Waals surface area contributed by atoms with Gasteiger partial charge in [-0.2, -0.15) is 0 Å². The normalized spacial score (nSPS) is 43.8. The highest BCUT2D eigenvalue weighted by Crippen LogP contribution is 2.41. The number of esters is 1. The number of ether oxygens (including phenoxy) is 6. The van der Waals surface area contributed by atoms with E-state index in [1.165, 1.54) is 6.92 Å².